The Kier molecular flexibility index (Phi) is 6.86. The topological polar surface area (TPSA) is 80.7 Å². The Hall–Kier alpha value is -3.23. The Balaban J connectivity index is 0.000000203. The molecule has 2 aromatic rings. The van der Waals surface area contributed by atoms with Crippen molar-refractivity contribution in [2.45, 2.75) is 25.7 Å². The molecule has 0 bridgehead atoms. The van der Waals surface area contributed by atoms with Crippen molar-refractivity contribution >= 4 is 17.9 Å². The number of unbranched alkanes of at least 4 members (excludes halogenated alkanes) is 1. The van der Waals surface area contributed by atoms with Crippen LogP contribution in [0.2, 0.25) is 0 Å². The molecule has 1 aliphatic rings. The fraction of sp³-hybridized carbons (Fsp3) is 0.211. The largest absolute Gasteiger partial charge is 0.481 e. The molecular formula is C19H14F4O5. The summed E-state index contributed by atoms with van der Waals surface area (Å²) < 4.78 is 55.0. The van der Waals surface area contributed by atoms with Crippen molar-refractivity contribution in [2.75, 3.05) is 0 Å². The molecule has 9 heteroatoms. The van der Waals surface area contributed by atoms with Gasteiger partial charge in [-0.1, -0.05) is 30.3 Å². The van der Waals surface area contributed by atoms with E-state index >= 15 is 0 Å². The fourth-order valence-corrected chi connectivity index (χ4v) is 2.45. The molecule has 0 unspecified atom stereocenters. The highest BCUT2D eigenvalue weighted by atomic mass is 19.2. The molecule has 0 amide bonds. The van der Waals surface area contributed by atoms with Gasteiger partial charge < -0.3 is 9.84 Å². The monoisotopic (exact) mass is 398 g/mol. The van der Waals surface area contributed by atoms with Crippen molar-refractivity contribution in [3.8, 4) is 0 Å². The van der Waals surface area contributed by atoms with Crippen molar-refractivity contribution in [2.24, 2.45) is 0 Å². The van der Waals surface area contributed by atoms with Crippen LogP contribution < -0.4 is 0 Å². The minimum Gasteiger partial charge on any atom is -0.481 e. The summed E-state index contributed by atoms with van der Waals surface area (Å²) >= 11 is 0. The molecular weight excluding hydrogens is 384 g/mol. The first-order chi connectivity index (χ1) is 13.2. The summed E-state index contributed by atoms with van der Waals surface area (Å²) in [5.74, 6) is -11.9. The number of rotatable bonds is 5. The normalized spacial score (nSPS) is 12.1. The van der Waals surface area contributed by atoms with Crippen molar-refractivity contribution < 1.29 is 41.8 Å². The van der Waals surface area contributed by atoms with Gasteiger partial charge in [-0.3, -0.25) is 4.79 Å². The van der Waals surface area contributed by atoms with Crippen molar-refractivity contribution in [1.29, 1.82) is 0 Å². The van der Waals surface area contributed by atoms with Gasteiger partial charge in [-0.2, -0.15) is 0 Å². The molecule has 5 nitrogen and oxygen atoms in total. The van der Waals surface area contributed by atoms with E-state index in [1.54, 1.807) is 0 Å². The van der Waals surface area contributed by atoms with E-state index in [2.05, 4.69) is 16.9 Å². The molecule has 0 saturated heterocycles. The van der Waals surface area contributed by atoms with Gasteiger partial charge in [0.15, 0.2) is 23.3 Å². The van der Waals surface area contributed by atoms with Gasteiger partial charge in [-0.15, -0.1) is 0 Å². The van der Waals surface area contributed by atoms with E-state index in [1.165, 1.54) is 5.56 Å². The third-order valence-electron chi connectivity index (χ3n) is 3.81. The van der Waals surface area contributed by atoms with Gasteiger partial charge in [0.2, 0.25) is 0 Å². The lowest BCUT2D eigenvalue weighted by atomic mass is 10.1. The Labute approximate surface area is 156 Å². The summed E-state index contributed by atoms with van der Waals surface area (Å²) in [6.07, 6.45) is 2.99. The zero-order valence-electron chi connectivity index (χ0n) is 14.3. The molecule has 1 N–H and O–H groups in total. The number of carboxylic acids is 1. The van der Waals surface area contributed by atoms with Crippen LogP contribution in [0.1, 0.15) is 45.5 Å². The predicted molar refractivity (Wildman–Crippen MR) is 87.7 cm³/mol. The van der Waals surface area contributed by atoms with Crippen LogP contribution in [0, 0.1) is 23.3 Å². The molecule has 1 aliphatic heterocycles. The molecule has 28 heavy (non-hydrogen) atoms. The van der Waals surface area contributed by atoms with Gasteiger partial charge in [0.25, 0.3) is 0 Å². The highest BCUT2D eigenvalue weighted by Crippen LogP contribution is 2.29. The Morgan fingerprint density at radius 1 is 0.821 bits per heavy atom. The average Bonchev–Trinajstić information content (AvgIpc) is 2.97. The summed E-state index contributed by atoms with van der Waals surface area (Å²) in [6, 6.07) is 10.1. The van der Waals surface area contributed by atoms with E-state index in [-0.39, 0.29) is 6.42 Å². The van der Waals surface area contributed by atoms with Gasteiger partial charge in [-0.25, -0.2) is 27.2 Å². The van der Waals surface area contributed by atoms with Crippen molar-refractivity contribution in [1.82, 2.24) is 0 Å². The predicted octanol–water partition coefficient (Wildman–Crippen LogP) is 4.04. The zero-order valence-corrected chi connectivity index (χ0v) is 14.3. The van der Waals surface area contributed by atoms with Crippen LogP contribution in [-0.2, 0) is 16.0 Å². The number of esters is 2. The molecule has 0 radical (unpaired) electrons. The summed E-state index contributed by atoms with van der Waals surface area (Å²) in [5, 5.41) is 8.41. The average molecular weight is 398 g/mol. The van der Waals surface area contributed by atoms with E-state index in [9.17, 15) is 31.9 Å². The van der Waals surface area contributed by atoms with Crippen LogP contribution >= 0.6 is 0 Å². The molecule has 0 aliphatic carbocycles. The number of carbonyl (C=O) groups is 3. The lowest BCUT2D eigenvalue weighted by Gasteiger charge is -2.00. The van der Waals surface area contributed by atoms with Crippen LogP contribution in [0.15, 0.2) is 30.3 Å². The molecule has 0 atom stereocenters. The van der Waals surface area contributed by atoms with Gasteiger partial charge >= 0.3 is 17.9 Å². The summed E-state index contributed by atoms with van der Waals surface area (Å²) in [5.41, 5.74) is -1.14. The van der Waals surface area contributed by atoms with Crippen molar-refractivity contribution in [3.05, 3.63) is 70.3 Å². The molecule has 0 fully saturated rings. The number of aliphatic carboxylic acids is 1. The molecule has 0 saturated carbocycles. The number of carboxylic acid groups (broad SMARTS) is 1. The minimum atomic E-state index is -2.15. The number of fused-ring (bicyclic) bond motifs is 1. The second kappa shape index (κ2) is 9.12. The molecule has 0 aromatic heterocycles. The number of halogens is 4. The van der Waals surface area contributed by atoms with E-state index < -0.39 is 52.3 Å². The number of ether oxygens (including phenoxy) is 1. The number of cyclic esters (lactones) is 2. The summed E-state index contributed by atoms with van der Waals surface area (Å²) in [6.45, 7) is 0. The fourth-order valence-electron chi connectivity index (χ4n) is 2.45. The van der Waals surface area contributed by atoms with Gasteiger partial charge in [0.05, 0.1) is 0 Å². The second-order valence-electron chi connectivity index (χ2n) is 5.77. The van der Waals surface area contributed by atoms with Crippen LogP contribution in [0.3, 0.4) is 0 Å². The number of carbonyl (C=O) groups excluding carboxylic acids is 2. The number of hydrogen-bond acceptors (Lipinski definition) is 4. The van der Waals surface area contributed by atoms with E-state index in [0.29, 0.717) is 0 Å². The van der Waals surface area contributed by atoms with E-state index in [4.69, 9.17) is 5.11 Å². The quantitative estimate of drug-likeness (QED) is 0.205. The van der Waals surface area contributed by atoms with Gasteiger partial charge in [0, 0.05) is 6.42 Å². The zero-order chi connectivity index (χ0) is 20.8. The summed E-state index contributed by atoms with van der Waals surface area (Å²) in [4.78, 5) is 31.8. The smallest absolute Gasteiger partial charge is 0.350 e. The maximum Gasteiger partial charge on any atom is 0.350 e. The lowest BCUT2D eigenvalue weighted by molar-refractivity contribution is -0.137. The highest BCUT2D eigenvalue weighted by molar-refractivity contribution is 6.15. The van der Waals surface area contributed by atoms with Crippen LogP contribution in [-0.4, -0.2) is 23.0 Å². The third-order valence-corrected chi connectivity index (χ3v) is 3.81. The maximum absolute atomic E-state index is 12.9. The van der Waals surface area contributed by atoms with Gasteiger partial charge in [-0.05, 0) is 24.8 Å². The minimum absolute atomic E-state index is 0.285. The first-order valence-electron chi connectivity index (χ1n) is 8.12. The molecule has 148 valence electrons. The number of hydrogen-bond donors (Lipinski definition) is 1. The molecule has 1 heterocycles. The Morgan fingerprint density at radius 2 is 1.32 bits per heavy atom. The lowest BCUT2D eigenvalue weighted by Crippen LogP contribution is -2.07. The van der Waals surface area contributed by atoms with E-state index in [1.807, 2.05) is 18.2 Å². The Bertz CT molecular complexity index is 868. The molecule has 3 rings (SSSR count). The first-order valence-corrected chi connectivity index (χ1v) is 8.12. The first kappa shape index (κ1) is 21.1. The van der Waals surface area contributed by atoms with Crippen LogP contribution in [0.25, 0.3) is 0 Å². The molecule has 0 spiro atoms. The van der Waals surface area contributed by atoms with E-state index in [0.717, 1.165) is 19.3 Å². The number of aryl methyl sites for hydroxylation is 1. The third kappa shape index (κ3) is 4.73. The Morgan fingerprint density at radius 3 is 1.79 bits per heavy atom. The standard InChI is InChI=1S/C11H14O2.C8F4O3/c12-11(13)9-5-4-8-10-6-2-1-3-7-10;9-3-1-2(8(14)15-7(1)13)4(10)6(12)5(3)11/h1-3,6-7H,4-5,8-9H2,(H,12,13);. The highest BCUT2D eigenvalue weighted by Gasteiger charge is 2.40. The van der Waals surface area contributed by atoms with Gasteiger partial charge in [0.1, 0.15) is 11.1 Å². The molecule has 2 aromatic carbocycles. The maximum atomic E-state index is 12.9. The number of benzene rings is 2. The van der Waals surface area contributed by atoms with Crippen LogP contribution in [0.4, 0.5) is 17.6 Å². The van der Waals surface area contributed by atoms with Crippen molar-refractivity contribution in [3.63, 3.8) is 0 Å². The second-order valence-corrected chi connectivity index (χ2v) is 5.77. The SMILES string of the molecule is O=C(O)CCCCc1ccccc1.O=C1OC(=O)c2c(F)c(F)c(F)c(F)c21. The summed E-state index contributed by atoms with van der Waals surface area (Å²) in [7, 11) is 0. The van der Waals surface area contributed by atoms with Crippen LogP contribution in [0.5, 0.6) is 0 Å².